The monoisotopic (exact) mass is 284 g/mol. The Kier molecular flexibility index (Phi) is 4.19. The molecule has 0 saturated heterocycles. The van der Waals surface area contributed by atoms with Crippen molar-refractivity contribution in [2.45, 2.75) is 47.0 Å². The zero-order valence-corrected chi connectivity index (χ0v) is 14.2. The lowest BCUT2D eigenvalue weighted by atomic mass is 9.87. The van der Waals surface area contributed by atoms with Crippen LogP contribution in [0.4, 0.5) is 0 Å². The van der Waals surface area contributed by atoms with Crippen molar-refractivity contribution in [2.24, 2.45) is 0 Å². The molecule has 0 aliphatic carbocycles. The molecule has 1 aromatic heterocycles. The fraction of sp³-hybridized carbons (Fsp3) is 0.368. The van der Waals surface area contributed by atoms with Gasteiger partial charge < -0.3 is 0 Å². The molecule has 1 heterocycles. The lowest BCUT2D eigenvalue weighted by Gasteiger charge is -2.18. The number of thiophene rings is 1. The molecular weight excluding hydrogens is 260 g/mol. The van der Waals surface area contributed by atoms with Crippen LogP contribution in [0, 0.1) is 20.8 Å². The minimum absolute atomic E-state index is 0.223. The number of aryl methyl sites for hydroxylation is 1. The van der Waals surface area contributed by atoms with Gasteiger partial charge in [0, 0.05) is 9.75 Å². The smallest absolute Gasteiger partial charge is 0.0305 e. The highest BCUT2D eigenvalue weighted by Crippen LogP contribution is 2.28. The summed E-state index contributed by atoms with van der Waals surface area (Å²) in [6.07, 6.45) is 4.45. The predicted octanol–water partition coefficient (Wildman–Crippen LogP) is 6.14. The zero-order chi connectivity index (χ0) is 14.9. The molecule has 0 saturated carbocycles. The molecule has 1 heteroatoms. The summed E-state index contributed by atoms with van der Waals surface area (Å²) in [4.78, 5) is 2.80. The number of rotatable bonds is 2. The Bertz CT molecular complexity index is 619. The Hall–Kier alpha value is -1.34. The fourth-order valence-electron chi connectivity index (χ4n) is 2.19. The summed E-state index contributed by atoms with van der Waals surface area (Å²) in [5, 5.41) is 0. The fourth-order valence-corrected chi connectivity index (χ4v) is 3.27. The van der Waals surface area contributed by atoms with E-state index in [2.05, 4.69) is 78.0 Å². The van der Waals surface area contributed by atoms with Gasteiger partial charge in [-0.3, -0.25) is 0 Å². The Labute approximate surface area is 127 Å². The van der Waals surface area contributed by atoms with Crippen LogP contribution in [0.2, 0.25) is 0 Å². The standard InChI is InChI=1S/C19H24S/c1-13-14(2)18(20-15(13)3)12-9-16-7-10-17(11-8-16)19(4,5)6/h7-12H,1-6H3. The van der Waals surface area contributed by atoms with E-state index >= 15 is 0 Å². The summed E-state index contributed by atoms with van der Waals surface area (Å²) in [6.45, 7) is 13.4. The van der Waals surface area contributed by atoms with Gasteiger partial charge in [-0.05, 0) is 54.5 Å². The molecule has 0 nitrogen and oxygen atoms in total. The summed E-state index contributed by atoms with van der Waals surface area (Å²) in [5.41, 5.74) is 5.71. The number of hydrogen-bond donors (Lipinski definition) is 0. The zero-order valence-electron chi connectivity index (χ0n) is 13.4. The van der Waals surface area contributed by atoms with Crippen molar-refractivity contribution in [1.29, 1.82) is 0 Å². The molecule has 0 bridgehead atoms. The first-order valence-corrected chi connectivity index (χ1v) is 7.96. The van der Waals surface area contributed by atoms with Crippen LogP contribution in [0.1, 0.15) is 52.8 Å². The third-order valence-corrected chi connectivity index (χ3v) is 5.20. The van der Waals surface area contributed by atoms with E-state index in [0.717, 1.165) is 0 Å². The van der Waals surface area contributed by atoms with Crippen molar-refractivity contribution < 1.29 is 0 Å². The van der Waals surface area contributed by atoms with Gasteiger partial charge >= 0.3 is 0 Å². The third kappa shape index (κ3) is 3.21. The van der Waals surface area contributed by atoms with Crippen molar-refractivity contribution in [3.63, 3.8) is 0 Å². The second-order valence-corrected chi connectivity index (χ2v) is 7.73. The quantitative estimate of drug-likeness (QED) is 0.621. The lowest BCUT2D eigenvalue weighted by molar-refractivity contribution is 0.590. The number of hydrogen-bond acceptors (Lipinski definition) is 1. The van der Waals surface area contributed by atoms with Crippen molar-refractivity contribution in [2.75, 3.05) is 0 Å². The normalized spacial score (nSPS) is 12.3. The van der Waals surface area contributed by atoms with Crippen LogP contribution in [0.5, 0.6) is 0 Å². The van der Waals surface area contributed by atoms with Crippen molar-refractivity contribution in [3.05, 3.63) is 56.3 Å². The Morgan fingerprint density at radius 1 is 0.850 bits per heavy atom. The van der Waals surface area contributed by atoms with Crippen LogP contribution in [0.15, 0.2) is 24.3 Å². The van der Waals surface area contributed by atoms with E-state index in [1.807, 2.05) is 11.3 Å². The molecule has 0 radical (unpaired) electrons. The van der Waals surface area contributed by atoms with E-state index in [-0.39, 0.29) is 5.41 Å². The second-order valence-electron chi connectivity index (χ2n) is 6.48. The molecule has 1 aromatic carbocycles. The molecule has 0 spiro atoms. The Morgan fingerprint density at radius 3 is 1.90 bits per heavy atom. The van der Waals surface area contributed by atoms with E-state index in [1.54, 1.807) is 0 Å². The predicted molar refractivity (Wildman–Crippen MR) is 92.6 cm³/mol. The maximum Gasteiger partial charge on any atom is 0.0305 e. The van der Waals surface area contributed by atoms with E-state index in [0.29, 0.717) is 0 Å². The van der Waals surface area contributed by atoms with Gasteiger partial charge in [0.15, 0.2) is 0 Å². The molecule has 106 valence electrons. The van der Waals surface area contributed by atoms with E-state index < -0.39 is 0 Å². The minimum atomic E-state index is 0.223. The van der Waals surface area contributed by atoms with Gasteiger partial charge in [0.2, 0.25) is 0 Å². The van der Waals surface area contributed by atoms with Gasteiger partial charge in [-0.15, -0.1) is 11.3 Å². The van der Waals surface area contributed by atoms with Gasteiger partial charge in [-0.25, -0.2) is 0 Å². The maximum atomic E-state index is 2.25. The summed E-state index contributed by atoms with van der Waals surface area (Å²) in [7, 11) is 0. The van der Waals surface area contributed by atoms with Gasteiger partial charge in [0.05, 0.1) is 0 Å². The van der Waals surface area contributed by atoms with E-state index in [4.69, 9.17) is 0 Å². The molecule has 0 amide bonds. The van der Waals surface area contributed by atoms with Crippen molar-refractivity contribution >= 4 is 23.5 Å². The number of benzene rings is 1. The molecule has 0 fully saturated rings. The highest BCUT2D eigenvalue weighted by molar-refractivity contribution is 7.13. The first-order chi connectivity index (χ1) is 9.29. The molecule has 20 heavy (non-hydrogen) atoms. The minimum Gasteiger partial charge on any atom is -0.141 e. The molecule has 0 unspecified atom stereocenters. The third-order valence-electron chi connectivity index (χ3n) is 3.93. The summed E-state index contributed by atoms with van der Waals surface area (Å²) >= 11 is 1.88. The van der Waals surface area contributed by atoms with Crippen LogP contribution >= 0.6 is 11.3 Å². The van der Waals surface area contributed by atoms with Gasteiger partial charge in [0.25, 0.3) is 0 Å². The first kappa shape index (κ1) is 15.1. The lowest BCUT2D eigenvalue weighted by Crippen LogP contribution is -2.10. The summed E-state index contributed by atoms with van der Waals surface area (Å²) in [6, 6.07) is 8.88. The molecule has 0 aliphatic rings. The van der Waals surface area contributed by atoms with E-state index in [1.165, 1.54) is 32.0 Å². The van der Waals surface area contributed by atoms with Crippen LogP contribution in [-0.2, 0) is 5.41 Å². The molecule has 0 aliphatic heterocycles. The van der Waals surface area contributed by atoms with E-state index in [9.17, 15) is 0 Å². The molecule has 0 atom stereocenters. The molecule has 2 rings (SSSR count). The second kappa shape index (κ2) is 5.57. The van der Waals surface area contributed by atoms with Crippen molar-refractivity contribution in [3.8, 4) is 0 Å². The first-order valence-electron chi connectivity index (χ1n) is 7.14. The molecule has 2 aromatic rings. The van der Waals surface area contributed by atoms with Gasteiger partial charge in [0.1, 0.15) is 0 Å². The van der Waals surface area contributed by atoms with Crippen LogP contribution < -0.4 is 0 Å². The largest absolute Gasteiger partial charge is 0.141 e. The molecule has 0 N–H and O–H groups in total. The maximum absolute atomic E-state index is 2.25. The van der Waals surface area contributed by atoms with Crippen LogP contribution in [0.25, 0.3) is 12.2 Å². The Morgan fingerprint density at radius 2 is 1.45 bits per heavy atom. The highest BCUT2D eigenvalue weighted by Gasteiger charge is 2.12. The topological polar surface area (TPSA) is 0 Å². The Balaban J connectivity index is 2.21. The van der Waals surface area contributed by atoms with Crippen molar-refractivity contribution in [1.82, 2.24) is 0 Å². The van der Waals surface area contributed by atoms with Crippen LogP contribution in [0.3, 0.4) is 0 Å². The SMILES string of the molecule is Cc1sc(C=Cc2ccc(C(C)(C)C)cc2)c(C)c1C. The summed E-state index contributed by atoms with van der Waals surface area (Å²) in [5.74, 6) is 0. The highest BCUT2D eigenvalue weighted by atomic mass is 32.1. The van der Waals surface area contributed by atoms with Gasteiger partial charge in [-0.1, -0.05) is 51.1 Å². The average molecular weight is 284 g/mol. The average Bonchev–Trinajstić information content (AvgIpc) is 2.63. The van der Waals surface area contributed by atoms with Gasteiger partial charge in [-0.2, -0.15) is 0 Å². The summed E-state index contributed by atoms with van der Waals surface area (Å²) < 4.78 is 0. The van der Waals surface area contributed by atoms with Crippen LogP contribution in [-0.4, -0.2) is 0 Å². The molecular formula is C19H24S.